The molecule has 2 atom stereocenters. The minimum atomic E-state index is -0.223. The maximum absolute atomic E-state index is 10.2. The molecule has 2 fully saturated rings. The molecule has 2 aliphatic rings. The molecule has 1 aliphatic heterocycles. The van der Waals surface area contributed by atoms with Crippen LogP contribution in [0.25, 0.3) is 0 Å². The number of rotatable bonds is 5. The molecule has 1 aliphatic carbocycles. The third-order valence-corrected chi connectivity index (χ3v) is 5.67. The van der Waals surface area contributed by atoms with E-state index in [-0.39, 0.29) is 6.10 Å². The summed E-state index contributed by atoms with van der Waals surface area (Å²) in [5.74, 6) is 2.04. The highest BCUT2D eigenvalue weighted by Crippen LogP contribution is 2.35. The second-order valence-corrected chi connectivity index (χ2v) is 7.54. The summed E-state index contributed by atoms with van der Waals surface area (Å²) >= 11 is 0. The number of benzene rings is 1. The molecule has 0 bridgehead atoms. The van der Waals surface area contributed by atoms with Crippen molar-refractivity contribution in [3.05, 3.63) is 47.7 Å². The third-order valence-electron chi connectivity index (χ3n) is 5.67. The van der Waals surface area contributed by atoms with Crippen molar-refractivity contribution in [2.45, 2.75) is 63.6 Å². The second-order valence-electron chi connectivity index (χ2n) is 7.54. The zero-order chi connectivity index (χ0) is 17.1. The molecular weight excluding hydrogens is 314 g/mol. The van der Waals surface area contributed by atoms with E-state index in [2.05, 4.69) is 27.2 Å². The van der Waals surface area contributed by atoms with Crippen LogP contribution < -0.4 is 0 Å². The molecular formula is C20H27N3O2. The Morgan fingerprint density at radius 3 is 2.60 bits per heavy atom. The lowest BCUT2D eigenvalue weighted by Crippen LogP contribution is -2.36. The number of aromatic nitrogens is 2. The number of β-amino-alcohol motifs (C(OH)–C–C–N with tert-alkyl or cyclic N) is 1. The van der Waals surface area contributed by atoms with Gasteiger partial charge < -0.3 is 9.52 Å². The van der Waals surface area contributed by atoms with Gasteiger partial charge in [0.2, 0.25) is 11.8 Å². The molecule has 5 nitrogen and oxygen atoms in total. The third kappa shape index (κ3) is 4.10. The van der Waals surface area contributed by atoms with E-state index in [9.17, 15) is 5.11 Å². The Hall–Kier alpha value is -1.72. The number of aliphatic hydroxyl groups is 1. The van der Waals surface area contributed by atoms with E-state index in [4.69, 9.17) is 4.42 Å². The molecule has 2 aromatic rings. The first kappa shape index (κ1) is 16.7. The fourth-order valence-electron chi connectivity index (χ4n) is 4.47. The van der Waals surface area contributed by atoms with Gasteiger partial charge in [-0.2, -0.15) is 0 Å². The number of aliphatic hydroxyl groups excluding tert-OH is 1. The second kappa shape index (κ2) is 7.67. The van der Waals surface area contributed by atoms with Gasteiger partial charge in [-0.25, -0.2) is 0 Å². The molecule has 5 heteroatoms. The van der Waals surface area contributed by atoms with Crippen molar-refractivity contribution >= 4 is 0 Å². The zero-order valence-electron chi connectivity index (χ0n) is 14.7. The summed E-state index contributed by atoms with van der Waals surface area (Å²) in [5.41, 5.74) is 1.18. The van der Waals surface area contributed by atoms with Gasteiger partial charge >= 0.3 is 0 Å². The van der Waals surface area contributed by atoms with Crippen molar-refractivity contribution in [3.63, 3.8) is 0 Å². The number of nitrogens with zero attached hydrogens (tertiary/aromatic N) is 3. The molecule has 2 heterocycles. The fourth-order valence-corrected chi connectivity index (χ4v) is 4.47. The SMILES string of the molecule is O[C@H]1C[C@H](C2CCCCC2)N(Cc2nnc(Cc3ccccc3)o2)C1. The predicted octanol–water partition coefficient (Wildman–Crippen LogP) is 3.18. The van der Waals surface area contributed by atoms with E-state index >= 15 is 0 Å². The Balaban J connectivity index is 1.40. The van der Waals surface area contributed by atoms with Crippen LogP contribution in [0.2, 0.25) is 0 Å². The molecule has 0 radical (unpaired) electrons. The van der Waals surface area contributed by atoms with Crippen LogP contribution in [0.1, 0.15) is 55.9 Å². The highest BCUT2D eigenvalue weighted by molar-refractivity contribution is 5.17. The van der Waals surface area contributed by atoms with Crippen LogP contribution in [-0.4, -0.2) is 38.9 Å². The summed E-state index contributed by atoms with van der Waals surface area (Å²) in [6.45, 7) is 1.37. The van der Waals surface area contributed by atoms with Gasteiger partial charge in [0, 0.05) is 12.6 Å². The summed E-state index contributed by atoms with van der Waals surface area (Å²) in [4.78, 5) is 2.36. The first-order valence-corrected chi connectivity index (χ1v) is 9.55. The topological polar surface area (TPSA) is 62.4 Å². The van der Waals surface area contributed by atoms with Crippen LogP contribution in [0.3, 0.4) is 0 Å². The molecule has 1 aromatic heterocycles. The molecule has 0 amide bonds. The summed E-state index contributed by atoms with van der Waals surface area (Å²) in [6.07, 6.45) is 7.92. The van der Waals surface area contributed by atoms with Crippen molar-refractivity contribution in [2.24, 2.45) is 5.92 Å². The summed E-state index contributed by atoms with van der Waals surface area (Å²) in [6, 6.07) is 10.6. The largest absolute Gasteiger partial charge is 0.424 e. The van der Waals surface area contributed by atoms with Crippen LogP contribution in [0, 0.1) is 5.92 Å². The average molecular weight is 341 g/mol. The molecule has 0 unspecified atom stereocenters. The maximum Gasteiger partial charge on any atom is 0.230 e. The lowest BCUT2D eigenvalue weighted by molar-refractivity contribution is 0.136. The van der Waals surface area contributed by atoms with Gasteiger partial charge in [0.05, 0.1) is 19.1 Å². The highest BCUT2D eigenvalue weighted by Gasteiger charge is 2.37. The van der Waals surface area contributed by atoms with Crippen molar-refractivity contribution in [3.8, 4) is 0 Å². The van der Waals surface area contributed by atoms with Crippen LogP contribution in [-0.2, 0) is 13.0 Å². The Morgan fingerprint density at radius 1 is 1.04 bits per heavy atom. The zero-order valence-corrected chi connectivity index (χ0v) is 14.7. The van der Waals surface area contributed by atoms with E-state index in [1.165, 1.54) is 37.7 Å². The van der Waals surface area contributed by atoms with Crippen molar-refractivity contribution < 1.29 is 9.52 Å². The molecule has 134 valence electrons. The van der Waals surface area contributed by atoms with E-state index in [1.807, 2.05) is 18.2 Å². The van der Waals surface area contributed by atoms with Crippen LogP contribution in [0.5, 0.6) is 0 Å². The van der Waals surface area contributed by atoms with E-state index in [1.54, 1.807) is 0 Å². The highest BCUT2D eigenvalue weighted by atomic mass is 16.4. The number of hydrogen-bond acceptors (Lipinski definition) is 5. The van der Waals surface area contributed by atoms with Gasteiger partial charge in [0.25, 0.3) is 0 Å². The lowest BCUT2D eigenvalue weighted by atomic mass is 9.83. The van der Waals surface area contributed by atoms with Gasteiger partial charge in [-0.05, 0) is 30.7 Å². The molecule has 1 saturated carbocycles. The Labute approximate surface area is 149 Å². The first-order valence-electron chi connectivity index (χ1n) is 9.55. The van der Waals surface area contributed by atoms with Crippen LogP contribution in [0.15, 0.2) is 34.7 Å². The molecule has 0 spiro atoms. The Morgan fingerprint density at radius 2 is 1.80 bits per heavy atom. The van der Waals surface area contributed by atoms with E-state index in [0.717, 1.165) is 13.0 Å². The van der Waals surface area contributed by atoms with Crippen molar-refractivity contribution in [2.75, 3.05) is 6.54 Å². The van der Waals surface area contributed by atoms with Crippen molar-refractivity contribution in [1.29, 1.82) is 0 Å². The summed E-state index contributed by atoms with van der Waals surface area (Å²) < 4.78 is 5.87. The Kier molecular flexibility index (Phi) is 5.13. The minimum Gasteiger partial charge on any atom is -0.424 e. The number of hydrogen-bond donors (Lipinski definition) is 1. The predicted molar refractivity (Wildman–Crippen MR) is 94.9 cm³/mol. The summed E-state index contributed by atoms with van der Waals surface area (Å²) in [7, 11) is 0. The smallest absolute Gasteiger partial charge is 0.230 e. The van der Waals surface area contributed by atoms with E-state index in [0.29, 0.717) is 36.7 Å². The minimum absolute atomic E-state index is 0.223. The standard InChI is InChI=1S/C20H27N3O2/c24-17-12-18(16-9-5-2-6-10-16)23(13-17)14-20-22-21-19(25-20)11-15-7-3-1-4-8-15/h1,3-4,7-8,16-18,24H,2,5-6,9-14H2/t17-,18+/m0/s1. The fraction of sp³-hybridized carbons (Fsp3) is 0.600. The molecule has 4 rings (SSSR count). The molecule has 1 aromatic carbocycles. The average Bonchev–Trinajstić information content (AvgIpc) is 3.23. The first-order chi connectivity index (χ1) is 12.3. The normalized spacial score (nSPS) is 25.5. The Bertz CT molecular complexity index is 667. The van der Waals surface area contributed by atoms with Crippen LogP contribution >= 0.6 is 0 Å². The summed E-state index contributed by atoms with van der Waals surface area (Å²) in [5, 5.41) is 18.6. The monoisotopic (exact) mass is 341 g/mol. The molecule has 1 N–H and O–H groups in total. The van der Waals surface area contributed by atoms with Gasteiger partial charge in [-0.15, -0.1) is 10.2 Å². The lowest BCUT2D eigenvalue weighted by Gasteiger charge is -2.33. The van der Waals surface area contributed by atoms with Gasteiger partial charge in [-0.1, -0.05) is 49.6 Å². The quantitative estimate of drug-likeness (QED) is 0.905. The van der Waals surface area contributed by atoms with Gasteiger partial charge in [-0.3, -0.25) is 4.90 Å². The molecule has 25 heavy (non-hydrogen) atoms. The molecule has 1 saturated heterocycles. The van der Waals surface area contributed by atoms with Gasteiger partial charge in [0.15, 0.2) is 0 Å². The van der Waals surface area contributed by atoms with Gasteiger partial charge in [0.1, 0.15) is 0 Å². The van der Waals surface area contributed by atoms with Crippen molar-refractivity contribution in [1.82, 2.24) is 15.1 Å². The number of likely N-dealkylation sites (tertiary alicyclic amines) is 1. The maximum atomic E-state index is 10.2. The van der Waals surface area contributed by atoms with Crippen LogP contribution in [0.4, 0.5) is 0 Å². The van der Waals surface area contributed by atoms with E-state index < -0.39 is 0 Å².